The Labute approximate surface area is 224 Å². The molecule has 0 amide bonds. The third kappa shape index (κ3) is 4.92. The maximum absolute atomic E-state index is 11.5. The second-order valence-corrected chi connectivity index (χ2v) is 10.1. The number of benzene rings is 4. The predicted molar refractivity (Wildman–Crippen MR) is 150 cm³/mol. The molecule has 0 saturated heterocycles. The van der Waals surface area contributed by atoms with Gasteiger partial charge in [0.15, 0.2) is 11.2 Å². The van der Waals surface area contributed by atoms with E-state index in [9.17, 15) is 25.5 Å². The first-order valence-corrected chi connectivity index (χ1v) is 13.0. The van der Waals surface area contributed by atoms with Crippen LogP contribution in [0, 0.1) is 13.8 Å². The molecule has 0 heterocycles. The summed E-state index contributed by atoms with van der Waals surface area (Å²) in [6.07, 6.45) is 0.858. The van der Waals surface area contributed by atoms with Crippen molar-refractivity contribution in [2.45, 2.75) is 57.2 Å². The van der Waals surface area contributed by atoms with Crippen molar-refractivity contribution in [1.29, 1.82) is 0 Å². The fraction of sp³-hybridized carbons (Fsp3) is 0.273. The smallest absolute Gasteiger partial charge is 0.295 e. The van der Waals surface area contributed by atoms with Crippen LogP contribution < -0.4 is 0 Å². The zero-order valence-corrected chi connectivity index (χ0v) is 22.1. The first-order chi connectivity index (χ1) is 18.0. The summed E-state index contributed by atoms with van der Waals surface area (Å²) < 4.78 is 0. The molecule has 0 spiro atoms. The Morgan fingerprint density at radius 1 is 0.579 bits per heavy atom. The van der Waals surface area contributed by atoms with E-state index in [4.69, 9.17) is 0 Å². The Kier molecular flexibility index (Phi) is 7.88. The minimum Gasteiger partial charge on any atom is -0.364 e. The van der Waals surface area contributed by atoms with Gasteiger partial charge in [-0.25, -0.2) is 0 Å². The summed E-state index contributed by atoms with van der Waals surface area (Å²) in [6.45, 7) is 6.02. The lowest BCUT2D eigenvalue weighted by Crippen LogP contribution is -2.66. The van der Waals surface area contributed by atoms with Crippen molar-refractivity contribution in [3.05, 3.63) is 119 Å². The molecular formula is C33H36O5. The minimum absolute atomic E-state index is 0.160. The highest BCUT2D eigenvalue weighted by atomic mass is 16.7. The molecule has 0 bridgehead atoms. The van der Waals surface area contributed by atoms with Gasteiger partial charge in [0.25, 0.3) is 5.97 Å². The van der Waals surface area contributed by atoms with E-state index in [1.807, 2.05) is 37.3 Å². The fourth-order valence-corrected chi connectivity index (χ4v) is 5.48. The van der Waals surface area contributed by atoms with E-state index in [1.165, 1.54) is 0 Å². The van der Waals surface area contributed by atoms with Crippen LogP contribution in [-0.2, 0) is 5.41 Å². The average molecular weight is 513 g/mol. The van der Waals surface area contributed by atoms with Crippen LogP contribution in [-0.4, -0.2) is 37.3 Å². The second kappa shape index (κ2) is 10.8. The molecule has 198 valence electrons. The Hall–Kier alpha value is -3.32. The first-order valence-electron chi connectivity index (χ1n) is 13.0. The molecule has 4 aromatic rings. The highest BCUT2D eigenvalue weighted by Gasteiger charge is 2.64. The summed E-state index contributed by atoms with van der Waals surface area (Å²) in [5.41, 5.74) is 3.99. The summed E-state index contributed by atoms with van der Waals surface area (Å²) in [7, 11) is 0. The normalized spacial score (nSPS) is 13.8. The first kappa shape index (κ1) is 27.7. The standard InChI is InChI=1S/C33H36O5/c1-4-5-20-31(34,35)32(33(36,37)38,27-14-7-6-8-15-27)28-16-11-13-25(21-28)26-19-18-24(3)30(22-26)29-17-10-9-12-23(29)2/h6-19,21-22,34-38H,4-5,20H2,1-3H3. The Bertz CT molecular complexity index is 1390. The van der Waals surface area contributed by atoms with E-state index < -0.39 is 17.2 Å². The van der Waals surface area contributed by atoms with Crippen LogP contribution in [0.15, 0.2) is 97.1 Å². The van der Waals surface area contributed by atoms with Crippen molar-refractivity contribution < 1.29 is 25.5 Å². The van der Waals surface area contributed by atoms with Gasteiger partial charge in [-0.1, -0.05) is 98.3 Å². The van der Waals surface area contributed by atoms with Crippen LogP contribution in [0.2, 0.25) is 0 Å². The van der Waals surface area contributed by atoms with E-state index >= 15 is 0 Å². The number of unbranched alkanes of at least 4 members (excludes halogenated alkanes) is 1. The molecule has 5 N–H and O–H groups in total. The van der Waals surface area contributed by atoms with E-state index in [0.717, 1.165) is 33.4 Å². The molecule has 1 unspecified atom stereocenters. The van der Waals surface area contributed by atoms with Crippen LogP contribution in [0.1, 0.15) is 48.4 Å². The van der Waals surface area contributed by atoms with Crippen LogP contribution in [0.4, 0.5) is 0 Å². The predicted octanol–water partition coefficient (Wildman–Crippen LogP) is 5.43. The van der Waals surface area contributed by atoms with Gasteiger partial charge in [-0.3, -0.25) is 0 Å². The minimum atomic E-state index is -3.50. The van der Waals surface area contributed by atoms with E-state index in [0.29, 0.717) is 12.8 Å². The van der Waals surface area contributed by atoms with Crippen molar-refractivity contribution in [1.82, 2.24) is 0 Å². The zero-order valence-electron chi connectivity index (χ0n) is 22.1. The largest absolute Gasteiger partial charge is 0.364 e. The molecule has 5 nitrogen and oxygen atoms in total. The molecule has 4 aromatic carbocycles. The Balaban J connectivity index is 1.95. The SMILES string of the molecule is CCCCC(O)(O)C(c1ccccc1)(c1cccc(-c2ccc(C)c(-c3ccccc3C)c2)c1)C(O)(O)O. The summed E-state index contributed by atoms with van der Waals surface area (Å²) in [5, 5.41) is 55.6. The average Bonchev–Trinajstić information content (AvgIpc) is 2.88. The monoisotopic (exact) mass is 512 g/mol. The molecule has 0 aliphatic rings. The quantitative estimate of drug-likeness (QED) is 0.193. The number of aliphatic hydroxyl groups is 5. The molecule has 0 aliphatic heterocycles. The van der Waals surface area contributed by atoms with Gasteiger partial charge in [0.1, 0.15) is 0 Å². The van der Waals surface area contributed by atoms with E-state index in [-0.39, 0.29) is 17.5 Å². The highest BCUT2D eigenvalue weighted by molar-refractivity contribution is 5.77. The van der Waals surface area contributed by atoms with Gasteiger partial charge in [0.2, 0.25) is 0 Å². The number of hydrogen-bond donors (Lipinski definition) is 5. The van der Waals surface area contributed by atoms with Gasteiger partial charge in [-0.05, 0) is 76.9 Å². The zero-order chi connectivity index (χ0) is 27.6. The summed E-state index contributed by atoms with van der Waals surface area (Å²) >= 11 is 0. The second-order valence-electron chi connectivity index (χ2n) is 10.1. The maximum Gasteiger partial charge on any atom is 0.295 e. The lowest BCUT2D eigenvalue weighted by atomic mass is 9.64. The van der Waals surface area contributed by atoms with E-state index in [1.54, 1.807) is 48.5 Å². The lowest BCUT2D eigenvalue weighted by Gasteiger charge is -2.49. The maximum atomic E-state index is 11.5. The van der Waals surface area contributed by atoms with Crippen molar-refractivity contribution in [2.24, 2.45) is 0 Å². The summed E-state index contributed by atoms with van der Waals surface area (Å²) in [4.78, 5) is 0. The summed E-state index contributed by atoms with van der Waals surface area (Å²) in [6, 6.07) is 29.3. The van der Waals surface area contributed by atoms with Crippen molar-refractivity contribution >= 4 is 0 Å². The highest BCUT2D eigenvalue weighted by Crippen LogP contribution is 2.49. The lowest BCUT2D eigenvalue weighted by molar-refractivity contribution is -0.395. The van der Waals surface area contributed by atoms with Crippen molar-refractivity contribution in [3.63, 3.8) is 0 Å². The molecule has 1 atom stereocenters. The van der Waals surface area contributed by atoms with Gasteiger partial charge < -0.3 is 25.5 Å². The number of rotatable bonds is 9. The molecule has 0 saturated carbocycles. The van der Waals surface area contributed by atoms with Gasteiger partial charge in [0.05, 0.1) is 0 Å². The van der Waals surface area contributed by atoms with Crippen LogP contribution >= 0.6 is 0 Å². The van der Waals surface area contributed by atoms with Gasteiger partial charge in [-0.15, -0.1) is 0 Å². The number of aryl methyl sites for hydroxylation is 2. The molecule has 0 aliphatic carbocycles. The van der Waals surface area contributed by atoms with Gasteiger partial charge in [0, 0.05) is 6.42 Å². The number of hydrogen-bond acceptors (Lipinski definition) is 5. The topological polar surface area (TPSA) is 101 Å². The Morgan fingerprint density at radius 2 is 1.18 bits per heavy atom. The molecule has 4 rings (SSSR count). The van der Waals surface area contributed by atoms with Crippen LogP contribution in [0.25, 0.3) is 22.3 Å². The van der Waals surface area contributed by atoms with Crippen LogP contribution in [0.3, 0.4) is 0 Å². The molecule has 38 heavy (non-hydrogen) atoms. The third-order valence-corrected chi connectivity index (χ3v) is 7.49. The van der Waals surface area contributed by atoms with Gasteiger partial charge in [-0.2, -0.15) is 0 Å². The summed E-state index contributed by atoms with van der Waals surface area (Å²) in [5.74, 6) is -6.19. The fourth-order valence-electron chi connectivity index (χ4n) is 5.48. The molecule has 5 heteroatoms. The molecule has 0 aromatic heterocycles. The van der Waals surface area contributed by atoms with Crippen LogP contribution in [0.5, 0.6) is 0 Å². The molecular weight excluding hydrogens is 476 g/mol. The van der Waals surface area contributed by atoms with Gasteiger partial charge >= 0.3 is 0 Å². The molecule has 0 radical (unpaired) electrons. The third-order valence-electron chi connectivity index (χ3n) is 7.49. The van der Waals surface area contributed by atoms with Crippen molar-refractivity contribution in [3.8, 4) is 22.3 Å². The molecule has 0 fully saturated rings. The van der Waals surface area contributed by atoms with E-state index in [2.05, 4.69) is 32.0 Å². The van der Waals surface area contributed by atoms with Crippen molar-refractivity contribution in [2.75, 3.05) is 0 Å². The Morgan fingerprint density at radius 3 is 1.84 bits per heavy atom.